The van der Waals surface area contributed by atoms with Crippen LogP contribution in [0.15, 0.2) is 0 Å². The molecule has 0 aromatic carbocycles. The summed E-state index contributed by atoms with van der Waals surface area (Å²) in [7, 11) is 1.37. The summed E-state index contributed by atoms with van der Waals surface area (Å²) in [6.07, 6.45) is 0.215. The van der Waals surface area contributed by atoms with E-state index >= 15 is 0 Å². The van der Waals surface area contributed by atoms with Gasteiger partial charge in [0.15, 0.2) is 5.81 Å². The van der Waals surface area contributed by atoms with Crippen LogP contribution in [0.4, 0.5) is 4.79 Å². The van der Waals surface area contributed by atoms with Gasteiger partial charge in [0.05, 0.1) is 12.6 Å². The molecular formula is C8H14BN2O3. The first-order valence-electron chi connectivity index (χ1n) is 4.66. The maximum absolute atomic E-state index is 11.4. The Kier molecular flexibility index (Phi) is 3.94. The minimum Gasteiger partial charge on any atom is -0.391 e. The minimum absolute atomic E-state index is 0.00981. The standard InChI is InChI=1S/C8H14BN2O3/c1-9-8(14)10-4-7(13)11-3-2-6(12)5-11/h6,12H,2-5H2,1H3,(H,10,14). The summed E-state index contributed by atoms with van der Waals surface area (Å²) in [5.74, 6) is -0.394. The molecule has 2 N–H and O–H groups in total. The van der Waals surface area contributed by atoms with Gasteiger partial charge in [-0.25, -0.2) is 0 Å². The third-order valence-corrected chi connectivity index (χ3v) is 2.19. The molecule has 1 heterocycles. The van der Waals surface area contributed by atoms with Crippen LogP contribution in [0.5, 0.6) is 0 Å². The van der Waals surface area contributed by atoms with Gasteiger partial charge in [-0.2, -0.15) is 0 Å². The average molecular weight is 197 g/mol. The maximum atomic E-state index is 11.4. The number of likely N-dealkylation sites (tertiary alicyclic amines) is 1. The Bertz CT molecular complexity index is 235. The van der Waals surface area contributed by atoms with E-state index in [1.54, 1.807) is 11.7 Å². The predicted octanol–water partition coefficient (Wildman–Crippen LogP) is -0.958. The number of hydrogen-bond acceptors (Lipinski definition) is 3. The lowest BCUT2D eigenvalue weighted by Gasteiger charge is -2.15. The highest BCUT2D eigenvalue weighted by atomic mass is 16.3. The SMILES string of the molecule is C[B]C(=O)NCC(=O)N1CCC(O)C1. The Hall–Kier alpha value is -1.04. The number of aliphatic hydroxyl groups is 1. The second-order valence-corrected chi connectivity index (χ2v) is 3.29. The van der Waals surface area contributed by atoms with E-state index in [0.29, 0.717) is 19.5 Å². The Balaban J connectivity index is 2.25. The summed E-state index contributed by atoms with van der Waals surface area (Å²) in [5, 5.41) is 11.6. The number of carbonyl (C=O) groups is 2. The summed E-state index contributed by atoms with van der Waals surface area (Å²) in [4.78, 5) is 23.8. The fourth-order valence-corrected chi connectivity index (χ4v) is 1.34. The minimum atomic E-state index is -0.410. The van der Waals surface area contributed by atoms with Crippen molar-refractivity contribution in [3.05, 3.63) is 0 Å². The van der Waals surface area contributed by atoms with E-state index in [9.17, 15) is 14.7 Å². The van der Waals surface area contributed by atoms with E-state index < -0.39 is 6.10 Å². The molecule has 5 nitrogen and oxygen atoms in total. The van der Waals surface area contributed by atoms with Crippen LogP contribution < -0.4 is 5.32 Å². The summed E-state index contributed by atoms with van der Waals surface area (Å²) in [6, 6.07) is 0. The van der Waals surface area contributed by atoms with Gasteiger partial charge >= 0.3 is 0 Å². The van der Waals surface area contributed by atoms with Gasteiger partial charge in [-0.3, -0.25) is 9.59 Å². The largest absolute Gasteiger partial charge is 0.391 e. The highest BCUT2D eigenvalue weighted by molar-refractivity contribution is 6.72. The van der Waals surface area contributed by atoms with Crippen molar-refractivity contribution in [1.29, 1.82) is 0 Å². The quantitative estimate of drug-likeness (QED) is 0.572. The summed E-state index contributed by atoms with van der Waals surface area (Å²) in [6.45, 7) is 2.57. The predicted molar refractivity (Wildman–Crippen MR) is 52.2 cm³/mol. The van der Waals surface area contributed by atoms with Gasteiger partial charge < -0.3 is 15.3 Å². The van der Waals surface area contributed by atoms with Crippen molar-refractivity contribution >= 4 is 19.0 Å². The second-order valence-electron chi connectivity index (χ2n) is 3.29. The van der Waals surface area contributed by atoms with Crippen molar-refractivity contribution in [1.82, 2.24) is 10.2 Å². The molecule has 0 aromatic rings. The fourth-order valence-electron chi connectivity index (χ4n) is 1.34. The molecule has 1 radical (unpaired) electrons. The number of nitrogens with zero attached hydrogens (tertiary/aromatic N) is 1. The van der Waals surface area contributed by atoms with Crippen molar-refractivity contribution in [2.45, 2.75) is 19.3 Å². The molecule has 1 saturated heterocycles. The number of rotatable bonds is 3. The lowest BCUT2D eigenvalue weighted by atomic mass is 9.81. The Morgan fingerprint density at radius 2 is 2.36 bits per heavy atom. The number of carbonyl (C=O) groups excluding carboxylic acids is 2. The molecule has 1 aliphatic rings. The second kappa shape index (κ2) is 5.00. The van der Waals surface area contributed by atoms with Gasteiger partial charge in [0.1, 0.15) is 0 Å². The van der Waals surface area contributed by atoms with E-state index in [1.807, 2.05) is 0 Å². The molecule has 2 amide bonds. The van der Waals surface area contributed by atoms with Crippen molar-refractivity contribution in [3.8, 4) is 0 Å². The molecule has 0 aliphatic carbocycles. The van der Waals surface area contributed by atoms with E-state index in [2.05, 4.69) is 5.32 Å². The lowest BCUT2D eigenvalue weighted by Crippen LogP contribution is -2.40. The molecule has 1 fully saturated rings. The zero-order valence-corrected chi connectivity index (χ0v) is 8.19. The number of β-amino-alcohol motifs (C(OH)–C–C–N with tert-alkyl or cyclic N) is 1. The summed E-state index contributed by atoms with van der Waals surface area (Å²) >= 11 is 0. The average Bonchev–Trinajstić information content (AvgIpc) is 2.60. The molecule has 0 saturated carbocycles. The molecule has 0 spiro atoms. The Morgan fingerprint density at radius 3 is 2.86 bits per heavy atom. The smallest absolute Gasteiger partial charge is 0.242 e. The first kappa shape index (κ1) is 11.0. The van der Waals surface area contributed by atoms with Crippen molar-refractivity contribution in [2.24, 2.45) is 0 Å². The molecule has 1 rings (SSSR count). The molecule has 0 bridgehead atoms. The van der Waals surface area contributed by atoms with Gasteiger partial charge in [-0.1, -0.05) is 6.82 Å². The first-order chi connectivity index (χ1) is 6.63. The van der Waals surface area contributed by atoms with E-state index in [1.165, 1.54) is 7.28 Å². The molecule has 6 heteroatoms. The van der Waals surface area contributed by atoms with E-state index in [0.717, 1.165) is 0 Å². The third kappa shape index (κ3) is 3.03. The highest BCUT2D eigenvalue weighted by Crippen LogP contribution is 2.07. The molecule has 1 unspecified atom stereocenters. The van der Waals surface area contributed by atoms with Gasteiger partial charge in [0.25, 0.3) is 0 Å². The summed E-state index contributed by atoms with van der Waals surface area (Å²) in [5.41, 5.74) is 0. The topological polar surface area (TPSA) is 69.6 Å². The third-order valence-electron chi connectivity index (χ3n) is 2.19. The van der Waals surface area contributed by atoms with Crippen LogP contribution >= 0.6 is 0 Å². The number of aliphatic hydroxyl groups excluding tert-OH is 1. The molecule has 1 aliphatic heterocycles. The van der Waals surface area contributed by atoms with Crippen LogP contribution in [-0.4, -0.2) is 54.7 Å². The van der Waals surface area contributed by atoms with Crippen molar-refractivity contribution < 1.29 is 14.7 Å². The van der Waals surface area contributed by atoms with Crippen LogP contribution in [-0.2, 0) is 4.79 Å². The first-order valence-corrected chi connectivity index (χ1v) is 4.66. The van der Waals surface area contributed by atoms with Crippen molar-refractivity contribution in [3.63, 3.8) is 0 Å². The van der Waals surface area contributed by atoms with Crippen LogP contribution in [0.3, 0.4) is 0 Å². The fraction of sp³-hybridized carbons (Fsp3) is 0.750. The van der Waals surface area contributed by atoms with Gasteiger partial charge in [-0.05, 0) is 6.42 Å². The number of nitrogens with one attached hydrogen (secondary N) is 1. The van der Waals surface area contributed by atoms with Crippen LogP contribution in [0.1, 0.15) is 6.42 Å². The molecular weight excluding hydrogens is 183 g/mol. The van der Waals surface area contributed by atoms with Gasteiger partial charge in [0, 0.05) is 13.1 Å². The molecule has 14 heavy (non-hydrogen) atoms. The molecule has 1 atom stereocenters. The summed E-state index contributed by atoms with van der Waals surface area (Å²) < 4.78 is 0. The molecule has 0 aromatic heterocycles. The van der Waals surface area contributed by atoms with Gasteiger partial charge in [0.2, 0.25) is 13.2 Å². The monoisotopic (exact) mass is 197 g/mol. The highest BCUT2D eigenvalue weighted by Gasteiger charge is 2.24. The zero-order valence-electron chi connectivity index (χ0n) is 8.19. The zero-order chi connectivity index (χ0) is 10.6. The van der Waals surface area contributed by atoms with Crippen molar-refractivity contribution in [2.75, 3.05) is 19.6 Å². The van der Waals surface area contributed by atoms with Crippen LogP contribution in [0, 0.1) is 0 Å². The lowest BCUT2D eigenvalue weighted by molar-refractivity contribution is -0.129. The molecule has 77 valence electrons. The van der Waals surface area contributed by atoms with E-state index in [4.69, 9.17) is 0 Å². The van der Waals surface area contributed by atoms with Crippen LogP contribution in [0.25, 0.3) is 0 Å². The van der Waals surface area contributed by atoms with E-state index in [-0.39, 0.29) is 18.3 Å². The maximum Gasteiger partial charge on any atom is 0.242 e. The number of amides is 2. The Morgan fingerprint density at radius 1 is 1.64 bits per heavy atom. The van der Waals surface area contributed by atoms with Crippen LogP contribution in [0.2, 0.25) is 6.82 Å². The number of hydrogen-bond donors (Lipinski definition) is 2. The normalized spacial score (nSPS) is 20.7. The Labute approximate surface area is 83.7 Å². The van der Waals surface area contributed by atoms with Gasteiger partial charge in [-0.15, -0.1) is 0 Å².